The largest absolute Gasteiger partial charge is 0.477 e. The second kappa shape index (κ2) is 6.55. The van der Waals surface area contributed by atoms with E-state index < -0.39 is 41.6 Å². The van der Waals surface area contributed by atoms with Crippen molar-refractivity contribution < 1.29 is 28.6 Å². The Balaban J connectivity index is 2.71. The molecule has 1 rings (SSSR count). The van der Waals surface area contributed by atoms with Crippen molar-refractivity contribution in [2.75, 3.05) is 12.3 Å². The van der Waals surface area contributed by atoms with Crippen LogP contribution in [0.5, 0.6) is 5.88 Å². The van der Waals surface area contributed by atoms with Gasteiger partial charge in [-0.05, 0) is 0 Å². The average Bonchev–Trinajstić information content (AvgIpc) is 2.38. The van der Waals surface area contributed by atoms with Crippen molar-refractivity contribution in [3.05, 3.63) is 16.0 Å². The highest BCUT2D eigenvalue weighted by molar-refractivity contribution is 6.39. The molecule has 0 aliphatic carbocycles. The maximum absolute atomic E-state index is 13.2. The maximum atomic E-state index is 13.2. The lowest BCUT2D eigenvalue weighted by Crippen LogP contribution is -2.36. The highest BCUT2D eigenvalue weighted by Crippen LogP contribution is 2.35. The number of nitrogens with two attached hydrogens (primary N) is 2. The minimum absolute atomic E-state index is 0.299. The molecule has 0 amide bonds. The monoisotopic (exact) mass is 327 g/mol. The second-order valence-electron chi connectivity index (χ2n) is 3.29. The maximum Gasteiger partial charge on any atom is 0.360 e. The van der Waals surface area contributed by atoms with Crippen LogP contribution in [0.15, 0.2) is 0 Å². The molecule has 1 aromatic rings. The van der Waals surface area contributed by atoms with Gasteiger partial charge in [-0.1, -0.05) is 23.2 Å². The smallest absolute Gasteiger partial charge is 0.360 e. The van der Waals surface area contributed by atoms with Crippen LogP contribution in [0.4, 0.5) is 10.1 Å². The van der Waals surface area contributed by atoms with Crippen LogP contribution in [-0.2, 0) is 14.3 Å². The van der Waals surface area contributed by atoms with Gasteiger partial charge in [0.2, 0.25) is 18.1 Å². The molecule has 0 bridgehead atoms. The second-order valence-corrected chi connectivity index (χ2v) is 4.04. The number of ether oxygens (including phenoxy) is 2. The first-order chi connectivity index (χ1) is 9.23. The molecule has 1 atom stereocenters. The van der Waals surface area contributed by atoms with Crippen LogP contribution in [0.1, 0.15) is 0 Å². The fourth-order valence-electron chi connectivity index (χ4n) is 0.959. The van der Waals surface area contributed by atoms with Crippen molar-refractivity contribution in [3.8, 4) is 5.88 Å². The average molecular weight is 328 g/mol. The molecule has 0 radical (unpaired) electrons. The molecule has 0 aliphatic rings. The predicted molar refractivity (Wildman–Crippen MR) is 65.8 cm³/mol. The first kappa shape index (κ1) is 16.2. The minimum atomic E-state index is -1.85. The molecule has 0 saturated heterocycles. The number of anilines is 1. The number of pyridine rings is 1. The van der Waals surface area contributed by atoms with Gasteiger partial charge in [0, 0.05) is 0 Å². The van der Waals surface area contributed by atoms with Crippen LogP contribution in [0.3, 0.4) is 0 Å². The van der Waals surface area contributed by atoms with Crippen LogP contribution in [0.2, 0.25) is 10.0 Å². The van der Waals surface area contributed by atoms with E-state index in [-0.39, 0.29) is 10.7 Å². The van der Waals surface area contributed by atoms with Gasteiger partial charge in [-0.2, -0.15) is 9.37 Å². The van der Waals surface area contributed by atoms with E-state index in [2.05, 4.69) is 9.72 Å². The van der Waals surface area contributed by atoms with Crippen molar-refractivity contribution in [1.82, 2.24) is 4.98 Å². The Morgan fingerprint density at radius 1 is 1.40 bits per heavy atom. The van der Waals surface area contributed by atoms with Crippen molar-refractivity contribution in [1.29, 1.82) is 0 Å². The Labute approximate surface area is 121 Å². The predicted octanol–water partition coefficient (Wildman–Crippen LogP) is 0.401. The van der Waals surface area contributed by atoms with E-state index in [0.717, 1.165) is 0 Å². The first-order valence-electron chi connectivity index (χ1n) is 4.84. The van der Waals surface area contributed by atoms with Crippen LogP contribution < -0.4 is 16.2 Å². The van der Waals surface area contributed by atoms with Crippen LogP contribution in [0, 0.1) is 5.95 Å². The lowest BCUT2D eigenvalue weighted by molar-refractivity contribution is -0.164. The first-order valence-corrected chi connectivity index (χ1v) is 5.60. The molecule has 20 heavy (non-hydrogen) atoms. The third-order valence-electron chi connectivity index (χ3n) is 1.87. The van der Waals surface area contributed by atoms with Crippen molar-refractivity contribution in [3.63, 3.8) is 0 Å². The summed E-state index contributed by atoms with van der Waals surface area (Å²) in [6, 6.07) is 0. The fourth-order valence-corrected chi connectivity index (χ4v) is 1.34. The Morgan fingerprint density at radius 2 is 2.00 bits per heavy atom. The molecule has 0 spiro atoms. The van der Waals surface area contributed by atoms with E-state index in [1.807, 2.05) is 0 Å². The topological polar surface area (TPSA) is 138 Å². The van der Waals surface area contributed by atoms with Gasteiger partial charge in [-0.15, -0.1) is 0 Å². The Kier molecular flexibility index (Phi) is 5.31. The summed E-state index contributed by atoms with van der Waals surface area (Å²) >= 11 is 11.1. The van der Waals surface area contributed by atoms with Gasteiger partial charge in [0.15, 0.2) is 6.61 Å². The number of aromatic nitrogens is 1. The summed E-state index contributed by atoms with van der Waals surface area (Å²) in [4.78, 5) is 24.7. The summed E-state index contributed by atoms with van der Waals surface area (Å²) in [5, 5.41) is 7.62. The minimum Gasteiger partial charge on any atom is -0.477 e. The summed E-state index contributed by atoms with van der Waals surface area (Å²) in [6.07, 6.45) is -1.85. The molecule has 5 N–H and O–H groups in total. The molecule has 110 valence electrons. The highest BCUT2D eigenvalue weighted by atomic mass is 35.5. The number of aliphatic carboxylic acids is 1. The number of carbonyl (C=O) groups is 2. The van der Waals surface area contributed by atoms with E-state index in [1.165, 1.54) is 0 Å². The molecule has 0 saturated carbocycles. The normalized spacial score (nSPS) is 11.8. The van der Waals surface area contributed by atoms with Crippen LogP contribution in [0.25, 0.3) is 0 Å². The number of carbonyl (C=O) groups excluding carboxylic acids is 1. The van der Waals surface area contributed by atoms with E-state index in [1.54, 1.807) is 0 Å². The van der Waals surface area contributed by atoms with Gasteiger partial charge in [0.25, 0.3) is 0 Å². The Bertz CT molecular complexity index is 557. The summed E-state index contributed by atoms with van der Waals surface area (Å²) in [5.41, 5.74) is 10.0. The number of rotatable bonds is 5. The number of nitrogen functional groups attached to an aromatic ring is 1. The Morgan fingerprint density at radius 3 is 2.55 bits per heavy atom. The number of carboxylic acid groups (broad SMARTS) is 1. The summed E-state index contributed by atoms with van der Waals surface area (Å²) in [7, 11) is 0. The Hall–Kier alpha value is -1.84. The number of esters is 1. The standard InChI is InChI=1S/C9H8Cl2FN3O5/c10-3-5(13)4(11)8(15-6(3)12)19-1-2(16)20-7(14)9(17)18/h7H,1,14H2,(H2,13,15)(H,17,18). The number of hydrogen-bond acceptors (Lipinski definition) is 7. The molecule has 1 unspecified atom stereocenters. The zero-order valence-electron chi connectivity index (χ0n) is 9.60. The van der Waals surface area contributed by atoms with Crippen LogP contribution in [-0.4, -0.2) is 34.9 Å². The number of carboxylic acids is 1. The van der Waals surface area contributed by atoms with Gasteiger partial charge in [0.05, 0.1) is 5.69 Å². The fraction of sp³-hybridized carbons (Fsp3) is 0.222. The molecule has 1 aromatic heterocycles. The van der Waals surface area contributed by atoms with E-state index in [4.69, 9.17) is 44.5 Å². The lowest BCUT2D eigenvalue weighted by Gasteiger charge is -2.11. The van der Waals surface area contributed by atoms with Gasteiger partial charge in [0.1, 0.15) is 10.0 Å². The number of halogens is 3. The van der Waals surface area contributed by atoms with Crippen LogP contribution >= 0.6 is 23.2 Å². The molecule has 0 aliphatic heterocycles. The SMILES string of the molecule is Nc1c(Cl)c(F)nc(OCC(=O)OC(N)C(=O)O)c1Cl. The van der Waals surface area contributed by atoms with Gasteiger partial charge < -0.3 is 20.3 Å². The molecular weight excluding hydrogens is 320 g/mol. The van der Waals surface area contributed by atoms with E-state index >= 15 is 0 Å². The summed E-state index contributed by atoms with van der Waals surface area (Å²) in [5.74, 6) is -4.30. The molecule has 11 heteroatoms. The van der Waals surface area contributed by atoms with Gasteiger partial charge in [-0.25, -0.2) is 9.59 Å². The third-order valence-corrected chi connectivity index (χ3v) is 2.59. The molecule has 8 nitrogen and oxygen atoms in total. The zero-order chi connectivity index (χ0) is 15.4. The summed E-state index contributed by atoms with van der Waals surface area (Å²) in [6.45, 7) is -0.797. The molecule has 0 fully saturated rings. The van der Waals surface area contributed by atoms with E-state index in [9.17, 15) is 14.0 Å². The molecular formula is C9H8Cl2FN3O5. The highest BCUT2D eigenvalue weighted by Gasteiger charge is 2.20. The third kappa shape index (κ3) is 3.83. The van der Waals surface area contributed by atoms with Crippen molar-refractivity contribution in [2.24, 2.45) is 5.73 Å². The molecule has 0 aromatic carbocycles. The van der Waals surface area contributed by atoms with Crippen molar-refractivity contribution >= 4 is 40.8 Å². The lowest BCUT2D eigenvalue weighted by atomic mass is 10.4. The number of nitrogens with zero attached hydrogens (tertiary/aromatic N) is 1. The van der Waals surface area contributed by atoms with Gasteiger partial charge in [-0.3, -0.25) is 5.73 Å². The summed E-state index contributed by atoms with van der Waals surface area (Å²) < 4.78 is 22.2. The molecule has 1 heterocycles. The zero-order valence-corrected chi connectivity index (χ0v) is 11.1. The number of hydrogen-bond donors (Lipinski definition) is 3. The van der Waals surface area contributed by atoms with Gasteiger partial charge >= 0.3 is 11.9 Å². The quantitative estimate of drug-likeness (QED) is 0.401. The van der Waals surface area contributed by atoms with E-state index in [0.29, 0.717) is 0 Å². The van der Waals surface area contributed by atoms with Crippen molar-refractivity contribution in [2.45, 2.75) is 6.23 Å².